The molecule has 0 fully saturated rings. The van der Waals surface area contributed by atoms with Crippen molar-refractivity contribution in [1.29, 1.82) is 0 Å². The first-order valence-electron chi connectivity index (χ1n) is 6.83. The topological polar surface area (TPSA) is 60.3 Å². The minimum absolute atomic E-state index is 0.128. The molecule has 2 rings (SSSR count). The van der Waals surface area contributed by atoms with Gasteiger partial charge in [-0.1, -0.05) is 30.3 Å². The van der Waals surface area contributed by atoms with Gasteiger partial charge in [0.05, 0.1) is 6.61 Å². The van der Waals surface area contributed by atoms with Gasteiger partial charge in [0.25, 0.3) is 0 Å². The number of ether oxygens (including phenoxy) is 1. The Morgan fingerprint density at radius 3 is 2.43 bits per heavy atom. The largest absolute Gasteiger partial charge is 0.465 e. The minimum Gasteiger partial charge on any atom is -0.465 e. The summed E-state index contributed by atoms with van der Waals surface area (Å²) < 4.78 is 6.61. The monoisotopic (exact) mass is 286 g/mol. The maximum Gasteiger partial charge on any atom is 0.325 e. The van der Waals surface area contributed by atoms with Crippen molar-refractivity contribution in [2.24, 2.45) is 0 Å². The van der Waals surface area contributed by atoms with Crippen molar-refractivity contribution >= 4 is 11.9 Å². The van der Waals surface area contributed by atoms with Gasteiger partial charge in [-0.25, -0.2) is 0 Å². The predicted molar refractivity (Wildman–Crippen MR) is 78.7 cm³/mol. The Balaban J connectivity index is 2.13. The number of hydrogen-bond acceptors (Lipinski definition) is 3. The lowest BCUT2D eigenvalue weighted by atomic mass is 10.1. The molecule has 0 aliphatic carbocycles. The molecule has 5 nitrogen and oxygen atoms in total. The van der Waals surface area contributed by atoms with Crippen molar-refractivity contribution in [3.63, 3.8) is 0 Å². The predicted octanol–water partition coefficient (Wildman–Crippen LogP) is 1.76. The lowest BCUT2D eigenvalue weighted by Gasteiger charge is -2.18. The molecule has 1 aromatic carbocycles. The number of benzene rings is 1. The summed E-state index contributed by atoms with van der Waals surface area (Å²) in [5.74, 6) is -0.685. The number of nitrogens with zero attached hydrogens (tertiary/aromatic N) is 1. The molecule has 0 aliphatic heterocycles. The fourth-order valence-electron chi connectivity index (χ4n) is 2.08. The van der Waals surface area contributed by atoms with Crippen molar-refractivity contribution in [2.45, 2.75) is 13.0 Å². The van der Waals surface area contributed by atoms with E-state index in [0.29, 0.717) is 6.61 Å². The van der Waals surface area contributed by atoms with Crippen LogP contribution in [0.25, 0.3) is 0 Å². The summed E-state index contributed by atoms with van der Waals surface area (Å²) >= 11 is 0. The van der Waals surface area contributed by atoms with E-state index in [1.54, 1.807) is 11.5 Å². The Labute approximate surface area is 123 Å². The molecule has 2 aromatic rings. The number of nitrogens with one attached hydrogen (secondary N) is 1. The summed E-state index contributed by atoms with van der Waals surface area (Å²) in [6.45, 7) is 1.90. The van der Waals surface area contributed by atoms with Gasteiger partial charge in [-0.05, 0) is 24.6 Å². The summed E-state index contributed by atoms with van der Waals surface area (Å²) in [5.41, 5.74) is 0.857. The second-order valence-corrected chi connectivity index (χ2v) is 4.47. The zero-order valence-electron chi connectivity index (χ0n) is 11.9. The van der Waals surface area contributed by atoms with Crippen LogP contribution in [0.2, 0.25) is 0 Å². The summed E-state index contributed by atoms with van der Waals surface area (Å²) in [6, 6.07) is 12.6. The molecule has 0 saturated carbocycles. The molecular weight excluding hydrogens is 268 g/mol. The molecule has 1 aromatic heterocycles. The van der Waals surface area contributed by atoms with Crippen LogP contribution in [0.1, 0.15) is 18.5 Å². The van der Waals surface area contributed by atoms with Gasteiger partial charge in [0, 0.05) is 12.4 Å². The molecule has 1 heterocycles. The van der Waals surface area contributed by atoms with E-state index in [1.807, 2.05) is 54.9 Å². The molecule has 21 heavy (non-hydrogen) atoms. The third-order valence-electron chi connectivity index (χ3n) is 3.00. The van der Waals surface area contributed by atoms with E-state index >= 15 is 0 Å². The smallest absolute Gasteiger partial charge is 0.325 e. The number of carbonyl (C=O) groups excluding carboxylic acids is 2. The van der Waals surface area contributed by atoms with Gasteiger partial charge in [-0.3, -0.25) is 9.59 Å². The molecule has 0 radical (unpaired) electrons. The molecule has 1 N–H and O–H groups in total. The molecule has 0 spiro atoms. The maximum atomic E-state index is 12.4. The summed E-state index contributed by atoms with van der Waals surface area (Å²) in [6.07, 6.45) is 3.64. The molecule has 1 atom stereocenters. The van der Waals surface area contributed by atoms with Crippen molar-refractivity contribution in [3.05, 3.63) is 60.4 Å². The van der Waals surface area contributed by atoms with Crippen LogP contribution in [-0.4, -0.2) is 29.6 Å². The Kier molecular flexibility index (Phi) is 5.15. The zero-order chi connectivity index (χ0) is 15.1. The maximum absolute atomic E-state index is 12.4. The van der Waals surface area contributed by atoms with E-state index in [2.05, 4.69) is 5.32 Å². The van der Waals surface area contributed by atoms with Crippen LogP contribution in [0.4, 0.5) is 0 Å². The van der Waals surface area contributed by atoms with Crippen LogP contribution >= 0.6 is 0 Å². The minimum atomic E-state index is -0.504. The van der Waals surface area contributed by atoms with Gasteiger partial charge in [0.15, 0.2) is 0 Å². The second kappa shape index (κ2) is 7.28. The van der Waals surface area contributed by atoms with Gasteiger partial charge < -0.3 is 14.6 Å². The average molecular weight is 286 g/mol. The van der Waals surface area contributed by atoms with E-state index in [4.69, 9.17) is 4.74 Å². The molecule has 1 amide bonds. The van der Waals surface area contributed by atoms with E-state index < -0.39 is 12.0 Å². The lowest BCUT2D eigenvalue weighted by molar-refractivity contribution is -0.143. The van der Waals surface area contributed by atoms with E-state index in [1.165, 1.54) is 0 Å². The Morgan fingerprint density at radius 1 is 1.14 bits per heavy atom. The standard InChI is InChI=1S/C16H18N2O3/c1-2-21-14(19)12-17-16(20)15(18-10-6-7-11-18)13-8-4-3-5-9-13/h3-11,15H,2,12H2,1H3,(H,17,20). The van der Waals surface area contributed by atoms with Gasteiger partial charge in [0.1, 0.15) is 12.6 Å². The first kappa shape index (κ1) is 14.8. The Hall–Kier alpha value is -2.56. The summed E-state index contributed by atoms with van der Waals surface area (Å²) in [5, 5.41) is 2.62. The van der Waals surface area contributed by atoms with E-state index in [9.17, 15) is 9.59 Å². The summed E-state index contributed by atoms with van der Waals surface area (Å²) in [7, 11) is 0. The quantitative estimate of drug-likeness (QED) is 0.823. The van der Waals surface area contributed by atoms with Gasteiger partial charge in [0.2, 0.25) is 5.91 Å². The number of rotatable bonds is 6. The SMILES string of the molecule is CCOC(=O)CNC(=O)C(c1ccccc1)n1cccc1. The number of esters is 1. The normalized spacial score (nSPS) is 11.7. The van der Waals surface area contributed by atoms with E-state index in [0.717, 1.165) is 5.56 Å². The average Bonchev–Trinajstić information content (AvgIpc) is 3.01. The number of aromatic nitrogens is 1. The van der Waals surface area contributed by atoms with Crippen LogP contribution < -0.4 is 5.32 Å². The third kappa shape index (κ3) is 3.95. The van der Waals surface area contributed by atoms with Crippen molar-refractivity contribution in [2.75, 3.05) is 13.2 Å². The van der Waals surface area contributed by atoms with Crippen LogP contribution in [0.15, 0.2) is 54.9 Å². The third-order valence-corrected chi connectivity index (χ3v) is 3.00. The van der Waals surface area contributed by atoms with Crippen LogP contribution in [0.5, 0.6) is 0 Å². The molecule has 1 unspecified atom stereocenters. The van der Waals surface area contributed by atoms with Gasteiger partial charge in [-0.2, -0.15) is 0 Å². The second-order valence-electron chi connectivity index (χ2n) is 4.47. The highest BCUT2D eigenvalue weighted by molar-refractivity contribution is 5.87. The fourth-order valence-corrected chi connectivity index (χ4v) is 2.08. The lowest BCUT2D eigenvalue weighted by Crippen LogP contribution is -2.36. The van der Waals surface area contributed by atoms with Crippen molar-refractivity contribution in [3.8, 4) is 0 Å². The molecule has 5 heteroatoms. The Bertz CT molecular complexity index is 579. The van der Waals surface area contributed by atoms with Crippen LogP contribution in [-0.2, 0) is 14.3 Å². The molecule has 0 aliphatic rings. The Morgan fingerprint density at radius 2 is 1.81 bits per heavy atom. The van der Waals surface area contributed by atoms with Crippen molar-refractivity contribution in [1.82, 2.24) is 9.88 Å². The first-order valence-corrected chi connectivity index (χ1v) is 6.83. The fraction of sp³-hybridized carbons (Fsp3) is 0.250. The molecular formula is C16H18N2O3. The number of carbonyl (C=O) groups is 2. The molecule has 0 saturated heterocycles. The highest BCUT2D eigenvalue weighted by Crippen LogP contribution is 2.18. The van der Waals surface area contributed by atoms with Crippen molar-refractivity contribution < 1.29 is 14.3 Å². The summed E-state index contributed by atoms with van der Waals surface area (Å²) in [4.78, 5) is 23.8. The number of amides is 1. The molecule has 0 bridgehead atoms. The zero-order valence-corrected chi connectivity index (χ0v) is 11.9. The highest BCUT2D eigenvalue weighted by atomic mass is 16.5. The van der Waals surface area contributed by atoms with Gasteiger partial charge in [-0.15, -0.1) is 0 Å². The van der Waals surface area contributed by atoms with E-state index in [-0.39, 0.29) is 12.5 Å². The highest BCUT2D eigenvalue weighted by Gasteiger charge is 2.22. The first-order chi connectivity index (χ1) is 10.2. The molecule has 110 valence electrons. The van der Waals surface area contributed by atoms with Gasteiger partial charge >= 0.3 is 5.97 Å². The van der Waals surface area contributed by atoms with Crippen LogP contribution in [0, 0.1) is 0 Å². The number of hydrogen-bond donors (Lipinski definition) is 1. The van der Waals surface area contributed by atoms with Crippen LogP contribution in [0.3, 0.4) is 0 Å².